The van der Waals surface area contributed by atoms with E-state index in [9.17, 15) is 4.79 Å². The maximum atomic E-state index is 10.9. The number of amides is 1. The Labute approximate surface area is 66.8 Å². The van der Waals surface area contributed by atoms with Crippen molar-refractivity contribution in [2.24, 2.45) is 5.73 Å². The zero-order chi connectivity index (χ0) is 8.15. The monoisotopic (exact) mass is 162 g/mol. The molecule has 60 valence electrons. The average molecular weight is 162 g/mol. The van der Waals surface area contributed by atoms with Gasteiger partial charge in [-0.05, 0) is 13.8 Å². The molecular weight excluding hydrogens is 148 g/mol. The van der Waals surface area contributed by atoms with E-state index in [0.29, 0.717) is 5.75 Å². The molecule has 0 radical (unpaired) electrons. The van der Waals surface area contributed by atoms with Gasteiger partial charge in [0.15, 0.2) is 0 Å². The van der Waals surface area contributed by atoms with Crippen LogP contribution >= 0.6 is 12.6 Å². The van der Waals surface area contributed by atoms with Crippen LogP contribution in [0.3, 0.4) is 0 Å². The van der Waals surface area contributed by atoms with E-state index in [1.807, 2.05) is 13.8 Å². The minimum Gasteiger partial charge on any atom is -0.353 e. The lowest BCUT2D eigenvalue weighted by molar-refractivity contribution is -0.122. The van der Waals surface area contributed by atoms with Crippen LogP contribution in [0.5, 0.6) is 0 Å². The average Bonchev–Trinajstić information content (AvgIpc) is 1.85. The highest BCUT2D eigenvalue weighted by Crippen LogP contribution is 1.85. The fourth-order valence-corrected chi connectivity index (χ4v) is 0.640. The Kier molecular flexibility index (Phi) is 4.47. The van der Waals surface area contributed by atoms with E-state index in [-0.39, 0.29) is 11.9 Å². The minimum absolute atomic E-state index is 0.134. The van der Waals surface area contributed by atoms with Crippen LogP contribution in [-0.4, -0.2) is 23.7 Å². The van der Waals surface area contributed by atoms with Gasteiger partial charge in [0, 0.05) is 11.8 Å². The molecule has 4 heteroatoms. The van der Waals surface area contributed by atoms with E-state index in [1.165, 1.54) is 0 Å². The van der Waals surface area contributed by atoms with Crippen LogP contribution in [0.4, 0.5) is 0 Å². The number of carbonyl (C=O) groups excluding carboxylic acids is 1. The van der Waals surface area contributed by atoms with Crippen LogP contribution in [0.2, 0.25) is 0 Å². The lowest BCUT2D eigenvalue weighted by Crippen LogP contribution is -2.44. The molecule has 0 aromatic rings. The van der Waals surface area contributed by atoms with E-state index >= 15 is 0 Å². The summed E-state index contributed by atoms with van der Waals surface area (Å²) in [6.45, 7) is 3.78. The third-order valence-electron chi connectivity index (χ3n) is 0.964. The first-order valence-corrected chi connectivity index (χ1v) is 3.88. The molecule has 0 saturated carbocycles. The Morgan fingerprint density at radius 3 is 2.50 bits per heavy atom. The first-order chi connectivity index (χ1) is 4.57. The SMILES string of the molecule is CC(C)NC(=O)[C@@H](N)CS. The van der Waals surface area contributed by atoms with Crippen LogP contribution < -0.4 is 11.1 Å². The molecule has 0 unspecified atom stereocenters. The molecule has 0 aliphatic heterocycles. The molecule has 0 heterocycles. The third-order valence-corrected chi connectivity index (χ3v) is 1.36. The molecule has 3 N–H and O–H groups in total. The predicted molar refractivity (Wildman–Crippen MR) is 45.1 cm³/mol. The van der Waals surface area contributed by atoms with Crippen molar-refractivity contribution >= 4 is 18.5 Å². The number of carbonyl (C=O) groups is 1. The minimum atomic E-state index is -0.481. The first kappa shape index (κ1) is 9.78. The van der Waals surface area contributed by atoms with Gasteiger partial charge in [-0.15, -0.1) is 0 Å². The molecule has 0 bridgehead atoms. The Bertz CT molecular complexity index is 116. The summed E-state index contributed by atoms with van der Waals surface area (Å²) in [5.41, 5.74) is 5.38. The van der Waals surface area contributed by atoms with E-state index < -0.39 is 6.04 Å². The van der Waals surface area contributed by atoms with Crippen LogP contribution in [0.15, 0.2) is 0 Å². The summed E-state index contributed by atoms with van der Waals surface area (Å²) < 4.78 is 0. The van der Waals surface area contributed by atoms with E-state index in [4.69, 9.17) is 5.73 Å². The second-order valence-electron chi connectivity index (χ2n) is 2.45. The Morgan fingerprint density at radius 1 is 1.70 bits per heavy atom. The molecule has 0 aromatic carbocycles. The second kappa shape index (κ2) is 4.57. The summed E-state index contributed by atoms with van der Waals surface area (Å²) in [5.74, 6) is 0.253. The highest BCUT2D eigenvalue weighted by Gasteiger charge is 2.10. The van der Waals surface area contributed by atoms with Gasteiger partial charge < -0.3 is 11.1 Å². The smallest absolute Gasteiger partial charge is 0.237 e. The molecule has 1 atom stereocenters. The van der Waals surface area contributed by atoms with E-state index in [2.05, 4.69) is 17.9 Å². The van der Waals surface area contributed by atoms with Crippen LogP contribution in [0.1, 0.15) is 13.8 Å². The lowest BCUT2D eigenvalue weighted by atomic mass is 10.3. The molecule has 0 saturated heterocycles. The first-order valence-electron chi connectivity index (χ1n) is 3.24. The highest BCUT2D eigenvalue weighted by atomic mass is 32.1. The fourth-order valence-electron chi connectivity index (χ4n) is 0.474. The maximum Gasteiger partial charge on any atom is 0.237 e. The molecule has 0 spiro atoms. The molecular formula is C6H14N2OS. The Balaban J connectivity index is 3.62. The van der Waals surface area contributed by atoms with Crippen LogP contribution in [0.25, 0.3) is 0 Å². The molecule has 0 rings (SSSR count). The fraction of sp³-hybridized carbons (Fsp3) is 0.833. The normalized spacial score (nSPS) is 13.3. The van der Waals surface area contributed by atoms with Gasteiger partial charge >= 0.3 is 0 Å². The summed E-state index contributed by atoms with van der Waals surface area (Å²) in [6, 6.07) is -0.329. The number of thiol groups is 1. The van der Waals surface area contributed by atoms with Gasteiger partial charge in [-0.25, -0.2) is 0 Å². The molecule has 0 aromatic heterocycles. The maximum absolute atomic E-state index is 10.9. The van der Waals surface area contributed by atoms with Crippen LogP contribution in [-0.2, 0) is 4.79 Å². The molecule has 0 aliphatic rings. The highest BCUT2D eigenvalue weighted by molar-refractivity contribution is 7.80. The van der Waals surface area contributed by atoms with Crippen molar-refractivity contribution in [1.82, 2.24) is 5.32 Å². The van der Waals surface area contributed by atoms with Gasteiger partial charge in [0.25, 0.3) is 0 Å². The van der Waals surface area contributed by atoms with Crippen molar-refractivity contribution < 1.29 is 4.79 Å². The number of hydrogen-bond donors (Lipinski definition) is 3. The van der Waals surface area contributed by atoms with Crippen molar-refractivity contribution in [3.63, 3.8) is 0 Å². The Morgan fingerprint density at radius 2 is 2.20 bits per heavy atom. The zero-order valence-corrected chi connectivity index (χ0v) is 7.19. The van der Waals surface area contributed by atoms with Crippen molar-refractivity contribution in [1.29, 1.82) is 0 Å². The van der Waals surface area contributed by atoms with Crippen LogP contribution in [0, 0.1) is 0 Å². The van der Waals surface area contributed by atoms with Crippen molar-refractivity contribution in [3.8, 4) is 0 Å². The number of nitrogens with two attached hydrogens (primary N) is 1. The number of rotatable bonds is 3. The molecule has 10 heavy (non-hydrogen) atoms. The van der Waals surface area contributed by atoms with Crippen molar-refractivity contribution in [3.05, 3.63) is 0 Å². The van der Waals surface area contributed by atoms with Gasteiger partial charge in [0.1, 0.15) is 0 Å². The van der Waals surface area contributed by atoms with Gasteiger partial charge in [-0.2, -0.15) is 12.6 Å². The largest absolute Gasteiger partial charge is 0.353 e. The summed E-state index contributed by atoms with van der Waals surface area (Å²) in [6.07, 6.45) is 0. The van der Waals surface area contributed by atoms with E-state index in [1.54, 1.807) is 0 Å². The zero-order valence-electron chi connectivity index (χ0n) is 6.29. The molecule has 0 aliphatic carbocycles. The third kappa shape index (κ3) is 3.74. The Hall–Kier alpha value is -0.220. The second-order valence-corrected chi connectivity index (χ2v) is 2.82. The molecule has 3 nitrogen and oxygen atoms in total. The predicted octanol–water partition coefficient (Wildman–Crippen LogP) is -0.232. The summed E-state index contributed by atoms with van der Waals surface area (Å²) in [5, 5.41) is 2.68. The summed E-state index contributed by atoms with van der Waals surface area (Å²) in [7, 11) is 0. The number of hydrogen-bond acceptors (Lipinski definition) is 3. The topological polar surface area (TPSA) is 55.1 Å². The summed E-state index contributed by atoms with van der Waals surface area (Å²) >= 11 is 3.89. The van der Waals surface area contributed by atoms with Crippen molar-refractivity contribution in [2.45, 2.75) is 25.9 Å². The van der Waals surface area contributed by atoms with Crippen molar-refractivity contribution in [2.75, 3.05) is 5.75 Å². The lowest BCUT2D eigenvalue weighted by Gasteiger charge is -2.11. The standard InChI is InChI=1S/C6H14N2OS/c1-4(2)8-6(9)5(7)3-10/h4-5,10H,3,7H2,1-2H3,(H,8,9)/t5-/m0/s1. The van der Waals surface area contributed by atoms with Gasteiger partial charge in [-0.3, -0.25) is 4.79 Å². The molecule has 0 fully saturated rings. The number of nitrogens with one attached hydrogen (secondary N) is 1. The summed E-state index contributed by atoms with van der Waals surface area (Å²) in [4.78, 5) is 10.9. The van der Waals surface area contributed by atoms with Gasteiger partial charge in [-0.1, -0.05) is 0 Å². The quantitative estimate of drug-likeness (QED) is 0.502. The molecule has 1 amide bonds. The van der Waals surface area contributed by atoms with Gasteiger partial charge in [0.2, 0.25) is 5.91 Å². The van der Waals surface area contributed by atoms with Gasteiger partial charge in [0.05, 0.1) is 6.04 Å². The van der Waals surface area contributed by atoms with E-state index in [0.717, 1.165) is 0 Å².